The summed E-state index contributed by atoms with van der Waals surface area (Å²) in [6.45, 7) is 0.607. The summed E-state index contributed by atoms with van der Waals surface area (Å²) >= 11 is 0. The highest BCUT2D eigenvalue weighted by Gasteiger charge is 2.35. The molecule has 15 heavy (non-hydrogen) atoms. The molecule has 1 atom stereocenters. The molecule has 0 bridgehead atoms. The number of nitrogens with zero attached hydrogens (tertiary/aromatic N) is 2. The molecular weight excluding hydrogens is 200 g/mol. The van der Waals surface area contributed by atoms with Crippen molar-refractivity contribution in [2.75, 3.05) is 7.11 Å². The van der Waals surface area contributed by atoms with Gasteiger partial charge in [0.15, 0.2) is 5.69 Å². The van der Waals surface area contributed by atoms with Gasteiger partial charge in [-0.05, 0) is 6.42 Å². The maximum atomic E-state index is 11.4. The van der Waals surface area contributed by atoms with E-state index in [1.54, 1.807) is 4.57 Å². The first kappa shape index (κ1) is 9.70. The van der Waals surface area contributed by atoms with Crippen LogP contribution in [-0.2, 0) is 16.1 Å². The van der Waals surface area contributed by atoms with Crippen LogP contribution in [0.25, 0.3) is 0 Å². The summed E-state index contributed by atoms with van der Waals surface area (Å²) < 4.78 is 6.31. The number of carbonyl (C=O) groups excluding carboxylic acids is 1. The number of aryl methyl sites for hydroxylation is 1. The van der Waals surface area contributed by atoms with Crippen LogP contribution < -0.4 is 0 Å². The Kier molecular flexibility index (Phi) is 2.18. The fourth-order valence-corrected chi connectivity index (χ4v) is 1.88. The second-order valence-electron chi connectivity index (χ2n) is 3.34. The third-order valence-corrected chi connectivity index (χ3v) is 2.56. The van der Waals surface area contributed by atoms with E-state index < -0.39 is 17.9 Å². The Bertz CT molecular complexity index is 424. The molecule has 2 rings (SSSR count). The normalized spacial score (nSPS) is 18.6. The van der Waals surface area contributed by atoms with E-state index in [9.17, 15) is 9.59 Å². The molecule has 6 nitrogen and oxygen atoms in total. The number of methoxy groups -OCH3 is 1. The molecule has 1 aromatic heterocycles. The molecule has 0 amide bonds. The average molecular weight is 210 g/mol. The van der Waals surface area contributed by atoms with Crippen LogP contribution in [0.4, 0.5) is 0 Å². The van der Waals surface area contributed by atoms with E-state index in [4.69, 9.17) is 5.11 Å². The Balaban J connectivity index is 2.43. The minimum atomic E-state index is -1.11. The van der Waals surface area contributed by atoms with Crippen molar-refractivity contribution >= 4 is 11.9 Å². The molecule has 2 heterocycles. The fraction of sp³-hybridized carbons (Fsp3) is 0.444. The maximum absolute atomic E-state index is 11.4. The number of carboxylic acid groups (broad SMARTS) is 1. The molecule has 6 heteroatoms. The summed E-state index contributed by atoms with van der Waals surface area (Å²) in [5, 5.41) is 8.88. The van der Waals surface area contributed by atoms with E-state index in [-0.39, 0.29) is 5.69 Å². The number of aromatic carboxylic acids is 1. The number of aromatic nitrogens is 2. The first-order valence-corrected chi connectivity index (χ1v) is 4.51. The van der Waals surface area contributed by atoms with Crippen molar-refractivity contribution in [1.29, 1.82) is 0 Å². The van der Waals surface area contributed by atoms with Crippen molar-refractivity contribution in [3.8, 4) is 0 Å². The van der Waals surface area contributed by atoms with Crippen LogP contribution in [0.3, 0.4) is 0 Å². The first-order valence-electron chi connectivity index (χ1n) is 4.51. The highest BCUT2D eigenvalue weighted by molar-refractivity contribution is 5.90. The van der Waals surface area contributed by atoms with Crippen LogP contribution in [-0.4, -0.2) is 33.7 Å². The SMILES string of the molecule is COC(=O)C1CCn2cnc(C(=O)O)c21. The van der Waals surface area contributed by atoms with Gasteiger partial charge >= 0.3 is 11.9 Å². The Morgan fingerprint density at radius 3 is 3.00 bits per heavy atom. The number of hydrogen-bond donors (Lipinski definition) is 1. The highest BCUT2D eigenvalue weighted by Crippen LogP contribution is 2.31. The van der Waals surface area contributed by atoms with Crippen molar-refractivity contribution in [1.82, 2.24) is 9.55 Å². The van der Waals surface area contributed by atoms with Crippen LogP contribution in [0.5, 0.6) is 0 Å². The minimum absolute atomic E-state index is 0.0529. The standard InChI is InChI=1S/C9H10N2O4/c1-15-9(14)5-2-3-11-4-10-6(7(5)11)8(12)13/h4-5H,2-3H2,1H3,(H,12,13). The Hall–Kier alpha value is -1.85. The van der Waals surface area contributed by atoms with Crippen molar-refractivity contribution < 1.29 is 19.4 Å². The van der Waals surface area contributed by atoms with Gasteiger partial charge < -0.3 is 14.4 Å². The van der Waals surface area contributed by atoms with Crippen LogP contribution in [0.1, 0.15) is 28.5 Å². The average Bonchev–Trinajstić information content (AvgIpc) is 2.75. The molecule has 0 saturated carbocycles. The molecule has 0 fully saturated rings. The Morgan fingerprint density at radius 2 is 2.40 bits per heavy atom. The van der Waals surface area contributed by atoms with E-state index in [0.29, 0.717) is 18.7 Å². The molecule has 0 saturated heterocycles. The summed E-state index contributed by atoms with van der Waals surface area (Å²) in [4.78, 5) is 26.0. The van der Waals surface area contributed by atoms with E-state index in [1.807, 2.05) is 0 Å². The van der Waals surface area contributed by atoms with Gasteiger partial charge in [0.05, 0.1) is 19.1 Å². The van der Waals surface area contributed by atoms with Gasteiger partial charge in [-0.2, -0.15) is 0 Å². The molecule has 0 spiro atoms. The number of hydrogen-bond acceptors (Lipinski definition) is 4. The maximum Gasteiger partial charge on any atom is 0.356 e. The second-order valence-corrected chi connectivity index (χ2v) is 3.34. The predicted molar refractivity (Wildman–Crippen MR) is 48.6 cm³/mol. The van der Waals surface area contributed by atoms with Gasteiger partial charge in [-0.25, -0.2) is 9.78 Å². The molecule has 80 valence electrons. The largest absolute Gasteiger partial charge is 0.476 e. The number of carboxylic acids is 1. The fourth-order valence-electron chi connectivity index (χ4n) is 1.88. The number of esters is 1. The number of ether oxygens (including phenoxy) is 1. The third-order valence-electron chi connectivity index (χ3n) is 2.56. The first-order chi connectivity index (χ1) is 7.15. The molecule has 0 aromatic carbocycles. The summed E-state index contributed by atoms with van der Waals surface area (Å²) in [6, 6.07) is 0. The van der Waals surface area contributed by atoms with Gasteiger partial charge in [-0.15, -0.1) is 0 Å². The number of rotatable bonds is 2. The molecular formula is C9H10N2O4. The third kappa shape index (κ3) is 1.38. The summed E-state index contributed by atoms with van der Waals surface area (Å²) in [7, 11) is 1.29. The lowest BCUT2D eigenvalue weighted by atomic mass is 10.0. The monoisotopic (exact) mass is 210 g/mol. The lowest BCUT2D eigenvalue weighted by molar-refractivity contribution is -0.142. The molecule has 1 unspecified atom stereocenters. The zero-order valence-electron chi connectivity index (χ0n) is 8.14. The lowest BCUT2D eigenvalue weighted by Crippen LogP contribution is -2.14. The van der Waals surface area contributed by atoms with Gasteiger partial charge in [0.25, 0.3) is 0 Å². The number of fused-ring (bicyclic) bond motifs is 1. The van der Waals surface area contributed by atoms with Crippen molar-refractivity contribution in [3.63, 3.8) is 0 Å². The van der Waals surface area contributed by atoms with Crippen molar-refractivity contribution in [3.05, 3.63) is 17.7 Å². The van der Waals surface area contributed by atoms with Gasteiger partial charge in [-0.1, -0.05) is 0 Å². The van der Waals surface area contributed by atoms with Crippen molar-refractivity contribution in [2.24, 2.45) is 0 Å². The Morgan fingerprint density at radius 1 is 1.67 bits per heavy atom. The summed E-state index contributed by atoms with van der Waals surface area (Å²) in [5.41, 5.74) is 0.400. The zero-order chi connectivity index (χ0) is 11.0. The summed E-state index contributed by atoms with van der Waals surface area (Å²) in [5.74, 6) is -2.01. The molecule has 0 radical (unpaired) electrons. The second kappa shape index (κ2) is 3.38. The smallest absolute Gasteiger partial charge is 0.356 e. The quantitative estimate of drug-likeness (QED) is 0.707. The van der Waals surface area contributed by atoms with Gasteiger partial charge in [-0.3, -0.25) is 4.79 Å². The molecule has 1 aliphatic heterocycles. The Labute approximate surface area is 85.5 Å². The van der Waals surface area contributed by atoms with Crippen LogP contribution in [0.2, 0.25) is 0 Å². The van der Waals surface area contributed by atoms with Crippen LogP contribution in [0.15, 0.2) is 6.33 Å². The van der Waals surface area contributed by atoms with E-state index >= 15 is 0 Å². The van der Waals surface area contributed by atoms with Gasteiger partial charge in [0, 0.05) is 6.54 Å². The summed E-state index contributed by atoms with van der Waals surface area (Å²) in [6.07, 6.45) is 2.02. The number of imidazole rings is 1. The minimum Gasteiger partial charge on any atom is -0.476 e. The molecule has 1 aromatic rings. The predicted octanol–water partition coefficient (Wildman–Crippen LogP) is 0.242. The zero-order valence-corrected chi connectivity index (χ0v) is 8.14. The molecule has 1 N–H and O–H groups in total. The lowest BCUT2D eigenvalue weighted by Gasteiger charge is -2.06. The highest BCUT2D eigenvalue weighted by atomic mass is 16.5. The van der Waals surface area contributed by atoms with E-state index in [1.165, 1.54) is 13.4 Å². The van der Waals surface area contributed by atoms with Gasteiger partial charge in [0.2, 0.25) is 0 Å². The van der Waals surface area contributed by atoms with Crippen LogP contribution >= 0.6 is 0 Å². The van der Waals surface area contributed by atoms with Gasteiger partial charge in [0.1, 0.15) is 5.92 Å². The van der Waals surface area contributed by atoms with E-state index in [2.05, 4.69) is 9.72 Å². The topological polar surface area (TPSA) is 81.4 Å². The van der Waals surface area contributed by atoms with E-state index in [0.717, 1.165) is 0 Å². The van der Waals surface area contributed by atoms with Crippen LogP contribution in [0, 0.1) is 0 Å². The number of carbonyl (C=O) groups is 2. The van der Waals surface area contributed by atoms with Crippen molar-refractivity contribution in [2.45, 2.75) is 18.9 Å². The molecule has 0 aliphatic carbocycles. The molecule has 1 aliphatic rings.